The third kappa shape index (κ3) is 13.8. The minimum absolute atomic E-state index is 0.0103. The lowest BCUT2D eigenvalue weighted by Gasteiger charge is -2.23. The molecule has 0 saturated heterocycles. The van der Waals surface area contributed by atoms with E-state index in [-0.39, 0.29) is 24.4 Å². The number of rotatable bonds is 19. The Morgan fingerprint density at radius 2 is 1.04 bits per heavy atom. The van der Waals surface area contributed by atoms with Crippen LogP contribution in [0.2, 0.25) is 10.0 Å². The van der Waals surface area contributed by atoms with E-state index < -0.39 is 34.9 Å². The smallest absolute Gasteiger partial charge is 0.313 e. The number of Topliss-reactive ketones (excluding diaryl/α,β-unsaturated/α-hetero) is 2. The van der Waals surface area contributed by atoms with Crippen LogP contribution in [0.1, 0.15) is 66.8 Å². The molecule has 0 bridgehead atoms. The molecular weight excluding hydrogens is 918 g/mol. The Morgan fingerprint density at radius 3 is 1.47 bits per heavy atom. The molecule has 0 fully saturated rings. The van der Waals surface area contributed by atoms with Crippen molar-refractivity contribution >= 4 is 58.0 Å². The maximum Gasteiger partial charge on any atom is 0.313 e. The van der Waals surface area contributed by atoms with Crippen molar-refractivity contribution in [2.75, 3.05) is 0 Å². The van der Waals surface area contributed by atoms with Gasteiger partial charge in [0.15, 0.2) is 11.6 Å². The summed E-state index contributed by atoms with van der Waals surface area (Å²) in [5, 5.41) is 26.2. The molecule has 14 heteroatoms. The summed E-state index contributed by atoms with van der Waals surface area (Å²) in [7, 11) is 0. The van der Waals surface area contributed by atoms with Crippen LogP contribution in [0.25, 0.3) is 22.3 Å². The first-order valence-corrected chi connectivity index (χ1v) is 23.6. The highest BCUT2D eigenvalue weighted by atomic mass is 35.5. The van der Waals surface area contributed by atoms with Gasteiger partial charge in [0.05, 0.1) is 34.1 Å². The van der Waals surface area contributed by atoms with Gasteiger partial charge in [0, 0.05) is 59.6 Å². The summed E-state index contributed by atoms with van der Waals surface area (Å²) in [6.45, 7) is 7.12. The normalized spacial score (nSPS) is 12.3. The largest absolute Gasteiger partial charge is 0.481 e. The van der Waals surface area contributed by atoms with Crippen molar-refractivity contribution in [1.82, 2.24) is 20.3 Å². The van der Waals surface area contributed by atoms with Crippen molar-refractivity contribution in [2.24, 2.45) is 5.73 Å². The molecule has 0 aliphatic heterocycles. The zero-order valence-corrected chi connectivity index (χ0v) is 40.5. The molecule has 2 atom stereocenters. The highest BCUT2D eigenvalue weighted by Gasteiger charge is 2.32. The van der Waals surface area contributed by atoms with Gasteiger partial charge < -0.3 is 21.3 Å². The molecule has 3 heterocycles. The standard InChI is InChI=1S/C29H28ClN3O3S.C25H25ClN2O3/c1-29(2,28(35)36)23-12-20(11-22(15-23)21-7-9-31-10-8-21)14-27(34)26(32-16-25-17-37-18-33-25)13-19-3-5-24(30)6-4-19;1-25(2,24(30)31)20-12-17(11-19(15-20)18-7-9-28-10-8-18)14-23(29)22(27)13-16-3-5-21(26)6-4-16/h3-12,15,17-18,26,32H,13-14,16H2,1-2H3,(H,35,36);3-12,15,22H,13-14,27H2,1-2H3,(H,30,31)/t26-;22-/m00/s1. The monoisotopic (exact) mass is 969 g/mol. The molecule has 5 N–H and O–H groups in total. The summed E-state index contributed by atoms with van der Waals surface area (Å²) < 4.78 is 0. The minimum atomic E-state index is -1.12. The second-order valence-corrected chi connectivity index (χ2v) is 19.2. The van der Waals surface area contributed by atoms with Gasteiger partial charge in [-0.05, 0) is 145 Å². The average molecular weight is 971 g/mol. The van der Waals surface area contributed by atoms with E-state index in [4.69, 9.17) is 28.9 Å². The first-order chi connectivity index (χ1) is 32.4. The fourth-order valence-electron chi connectivity index (χ4n) is 7.33. The van der Waals surface area contributed by atoms with Gasteiger partial charge in [-0.2, -0.15) is 0 Å². The number of hydrogen-bond donors (Lipinski definition) is 4. The van der Waals surface area contributed by atoms with Gasteiger partial charge in [0.25, 0.3) is 0 Å². The fourth-order valence-corrected chi connectivity index (χ4v) is 8.14. The maximum atomic E-state index is 13.7. The van der Waals surface area contributed by atoms with Crippen molar-refractivity contribution < 1.29 is 29.4 Å². The quantitative estimate of drug-likeness (QED) is 0.0605. The molecule has 0 radical (unpaired) electrons. The molecule has 68 heavy (non-hydrogen) atoms. The zero-order chi connectivity index (χ0) is 49.0. The van der Waals surface area contributed by atoms with Crippen molar-refractivity contribution in [3.05, 3.63) is 194 Å². The number of halogens is 2. The van der Waals surface area contributed by atoms with E-state index in [0.717, 1.165) is 50.2 Å². The Labute approximate surface area is 410 Å². The van der Waals surface area contributed by atoms with Gasteiger partial charge in [0.1, 0.15) is 0 Å². The molecule has 0 aliphatic rings. The number of carbonyl (C=O) groups is 4. The number of carboxylic acid groups (broad SMARTS) is 2. The number of nitrogens with zero attached hydrogens (tertiary/aromatic N) is 3. The first-order valence-electron chi connectivity index (χ1n) is 21.9. The summed E-state index contributed by atoms with van der Waals surface area (Å²) in [5.74, 6) is -1.96. The first kappa shape index (κ1) is 51.0. The molecule has 0 saturated carbocycles. The summed E-state index contributed by atoms with van der Waals surface area (Å²) in [4.78, 5) is 62.8. The zero-order valence-electron chi connectivity index (χ0n) is 38.2. The Balaban J connectivity index is 0.000000228. The molecule has 0 amide bonds. The topological polar surface area (TPSA) is 185 Å². The van der Waals surface area contributed by atoms with Crippen LogP contribution in [0.3, 0.4) is 0 Å². The number of nitrogens with one attached hydrogen (secondary N) is 1. The van der Waals surface area contributed by atoms with Crippen molar-refractivity contribution in [1.29, 1.82) is 0 Å². The van der Waals surface area contributed by atoms with E-state index in [1.165, 1.54) is 11.3 Å². The van der Waals surface area contributed by atoms with Crippen LogP contribution < -0.4 is 11.1 Å². The number of benzene rings is 4. The summed E-state index contributed by atoms with van der Waals surface area (Å²) in [6, 6.07) is 32.3. The van der Waals surface area contributed by atoms with E-state index in [1.807, 2.05) is 96.4 Å². The predicted molar refractivity (Wildman–Crippen MR) is 269 cm³/mol. The number of pyridine rings is 2. The van der Waals surface area contributed by atoms with Crippen LogP contribution in [0.5, 0.6) is 0 Å². The number of thiazole rings is 1. The average Bonchev–Trinajstić information content (AvgIpc) is 3.86. The van der Waals surface area contributed by atoms with Gasteiger partial charge in [-0.25, -0.2) is 4.98 Å². The Bertz CT molecular complexity index is 2820. The number of carboxylic acids is 2. The predicted octanol–water partition coefficient (Wildman–Crippen LogP) is 10.2. The number of aliphatic carboxylic acids is 2. The van der Waals surface area contributed by atoms with Gasteiger partial charge in [-0.15, -0.1) is 11.3 Å². The SMILES string of the molecule is CC(C)(C(=O)O)c1cc(CC(=O)[C@@H](N)Cc2ccc(Cl)cc2)cc(-c2ccncc2)c1.CC(C)(C(=O)O)c1cc(CC(=O)[C@H](Cc2ccc(Cl)cc2)NCc2cscn2)cc(-c2ccncc2)c1. The van der Waals surface area contributed by atoms with E-state index in [9.17, 15) is 29.4 Å². The second-order valence-electron chi connectivity index (χ2n) is 17.6. The highest BCUT2D eigenvalue weighted by Crippen LogP contribution is 2.32. The van der Waals surface area contributed by atoms with Crippen molar-refractivity contribution in [2.45, 2.75) is 82.8 Å². The van der Waals surface area contributed by atoms with Gasteiger partial charge in [-0.3, -0.25) is 29.1 Å². The maximum absolute atomic E-state index is 13.7. The van der Waals surface area contributed by atoms with Crippen LogP contribution in [-0.2, 0) is 62.2 Å². The summed E-state index contributed by atoms with van der Waals surface area (Å²) in [5.41, 5.74) is 14.8. The summed E-state index contributed by atoms with van der Waals surface area (Å²) >= 11 is 13.5. The minimum Gasteiger partial charge on any atom is -0.481 e. The summed E-state index contributed by atoms with van der Waals surface area (Å²) in [6.07, 6.45) is 7.93. The molecule has 7 aromatic rings. The number of nitrogens with two attached hydrogens (primary N) is 1. The van der Waals surface area contributed by atoms with Crippen LogP contribution >= 0.6 is 34.5 Å². The van der Waals surface area contributed by atoms with Crippen molar-refractivity contribution in [3.63, 3.8) is 0 Å². The molecule has 7 rings (SSSR count). The van der Waals surface area contributed by atoms with Crippen molar-refractivity contribution in [3.8, 4) is 22.3 Å². The second kappa shape index (κ2) is 23.1. The Hall–Kier alpha value is -6.41. The van der Waals surface area contributed by atoms with E-state index in [2.05, 4.69) is 20.3 Å². The van der Waals surface area contributed by atoms with Crippen LogP contribution in [0.15, 0.2) is 145 Å². The molecule has 4 aromatic carbocycles. The lowest BCUT2D eigenvalue weighted by Crippen LogP contribution is -2.39. The van der Waals surface area contributed by atoms with E-state index >= 15 is 0 Å². The third-order valence-electron chi connectivity index (χ3n) is 11.8. The molecule has 0 spiro atoms. The van der Waals surface area contributed by atoms with E-state index in [1.54, 1.807) is 76.2 Å². The van der Waals surface area contributed by atoms with Crippen LogP contribution in [0, 0.1) is 0 Å². The fraction of sp³-hybridized carbons (Fsp3) is 0.241. The lowest BCUT2D eigenvalue weighted by atomic mass is 9.81. The number of hydrogen-bond acceptors (Lipinski definition) is 10. The van der Waals surface area contributed by atoms with Crippen LogP contribution in [0.4, 0.5) is 0 Å². The number of carbonyl (C=O) groups excluding carboxylic acids is 2. The molecular formula is C54H53Cl2N5O6S. The Kier molecular flexibility index (Phi) is 17.3. The molecule has 0 aliphatic carbocycles. The van der Waals surface area contributed by atoms with Gasteiger partial charge in [0.2, 0.25) is 0 Å². The third-order valence-corrected chi connectivity index (χ3v) is 13.0. The van der Waals surface area contributed by atoms with Crippen LogP contribution in [-0.4, -0.2) is 60.8 Å². The van der Waals surface area contributed by atoms with Gasteiger partial charge >= 0.3 is 11.9 Å². The molecule has 11 nitrogen and oxygen atoms in total. The molecule has 0 unspecified atom stereocenters. The highest BCUT2D eigenvalue weighted by molar-refractivity contribution is 7.07. The lowest BCUT2D eigenvalue weighted by molar-refractivity contribution is -0.143. The number of aromatic nitrogens is 3. The van der Waals surface area contributed by atoms with Gasteiger partial charge in [-0.1, -0.05) is 83.9 Å². The molecule has 3 aromatic heterocycles. The van der Waals surface area contributed by atoms with E-state index in [0.29, 0.717) is 40.6 Å². The Morgan fingerprint density at radius 1 is 0.603 bits per heavy atom. The molecule has 350 valence electrons. The number of ketones is 2.